The molecule has 0 aliphatic heterocycles. The Morgan fingerprint density at radius 2 is 1.45 bits per heavy atom. The Balaban J connectivity index is 2.37. The second kappa shape index (κ2) is 5.88. The van der Waals surface area contributed by atoms with E-state index in [1.165, 1.54) is 12.1 Å². The molecule has 4 nitrogen and oxygen atoms in total. The first kappa shape index (κ1) is 14.3. The maximum absolute atomic E-state index is 12.4. The van der Waals surface area contributed by atoms with Crippen LogP contribution >= 0.6 is 0 Å². The number of carboxylic acid groups (broad SMARTS) is 1. The van der Waals surface area contributed by atoms with Gasteiger partial charge in [-0.3, -0.25) is 4.79 Å². The van der Waals surface area contributed by atoms with E-state index in [4.69, 9.17) is 0 Å². The summed E-state index contributed by atoms with van der Waals surface area (Å²) in [7, 11) is -3.90. The monoisotopic (exact) mass is 290 g/mol. The predicted molar refractivity (Wildman–Crippen MR) is 75.2 cm³/mol. The van der Waals surface area contributed by atoms with Gasteiger partial charge in [-0.1, -0.05) is 48.5 Å². The second-order valence-electron chi connectivity index (χ2n) is 4.37. The quantitative estimate of drug-likeness (QED) is 0.916. The lowest BCUT2D eigenvalue weighted by molar-refractivity contribution is -0.136. The van der Waals surface area contributed by atoms with E-state index in [0.29, 0.717) is 5.56 Å². The van der Waals surface area contributed by atoms with Crippen LogP contribution in [-0.2, 0) is 21.1 Å². The number of hydrogen-bond acceptors (Lipinski definition) is 3. The molecule has 0 fully saturated rings. The highest BCUT2D eigenvalue weighted by Crippen LogP contribution is 2.19. The molecule has 0 radical (unpaired) electrons. The number of carbonyl (C=O) groups is 1. The molecule has 2 aromatic rings. The Morgan fingerprint density at radius 3 is 1.95 bits per heavy atom. The van der Waals surface area contributed by atoms with Gasteiger partial charge in [-0.2, -0.15) is 0 Å². The Kier molecular flexibility index (Phi) is 4.20. The van der Waals surface area contributed by atoms with Crippen LogP contribution < -0.4 is 0 Å². The first-order chi connectivity index (χ1) is 9.51. The lowest BCUT2D eigenvalue weighted by atomic mass is 10.1. The Bertz CT molecular complexity index is 678. The van der Waals surface area contributed by atoms with E-state index in [2.05, 4.69) is 0 Å². The van der Waals surface area contributed by atoms with Crippen molar-refractivity contribution < 1.29 is 18.3 Å². The van der Waals surface area contributed by atoms with Crippen molar-refractivity contribution in [3.05, 3.63) is 66.2 Å². The van der Waals surface area contributed by atoms with Gasteiger partial charge in [0.2, 0.25) is 0 Å². The zero-order valence-electron chi connectivity index (χ0n) is 10.6. The molecule has 5 heteroatoms. The second-order valence-corrected chi connectivity index (χ2v) is 6.51. The van der Waals surface area contributed by atoms with Crippen molar-refractivity contribution in [1.82, 2.24) is 0 Å². The highest BCUT2D eigenvalue weighted by molar-refractivity contribution is 7.92. The van der Waals surface area contributed by atoms with Gasteiger partial charge in [-0.05, 0) is 17.7 Å². The number of rotatable bonds is 5. The molecule has 0 amide bonds. The molecular formula is C15H14O4S. The molecule has 1 N–H and O–H groups in total. The predicted octanol–water partition coefficient (Wildman–Crippen LogP) is 2.16. The third kappa shape index (κ3) is 3.05. The van der Waals surface area contributed by atoms with Gasteiger partial charge >= 0.3 is 5.97 Å². The molecule has 104 valence electrons. The summed E-state index contributed by atoms with van der Waals surface area (Å²) >= 11 is 0. The van der Waals surface area contributed by atoms with Crippen LogP contribution in [0.3, 0.4) is 0 Å². The molecular weight excluding hydrogens is 276 g/mol. The van der Waals surface area contributed by atoms with Crippen LogP contribution in [0.5, 0.6) is 0 Å². The van der Waals surface area contributed by atoms with E-state index in [1.54, 1.807) is 48.5 Å². The van der Waals surface area contributed by atoms with Crippen LogP contribution in [0.25, 0.3) is 0 Å². The summed E-state index contributed by atoms with van der Waals surface area (Å²) in [6.45, 7) is 0. The van der Waals surface area contributed by atoms with Crippen molar-refractivity contribution in [2.45, 2.75) is 16.6 Å². The standard InChI is InChI=1S/C15H14O4S/c16-15(17)14(11-12-7-3-1-4-8-12)20(18,19)13-9-5-2-6-10-13/h1-10,14H,11H2,(H,16,17). The fourth-order valence-electron chi connectivity index (χ4n) is 1.93. The van der Waals surface area contributed by atoms with Crippen LogP contribution in [0.15, 0.2) is 65.6 Å². The first-order valence-corrected chi connectivity index (χ1v) is 7.62. The van der Waals surface area contributed by atoms with Gasteiger partial charge in [0.15, 0.2) is 15.1 Å². The zero-order valence-corrected chi connectivity index (χ0v) is 11.5. The minimum Gasteiger partial charge on any atom is -0.480 e. The van der Waals surface area contributed by atoms with Gasteiger partial charge in [0.25, 0.3) is 0 Å². The van der Waals surface area contributed by atoms with Crippen LogP contribution in [0.1, 0.15) is 5.56 Å². The SMILES string of the molecule is O=C(O)C(Cc1ccccc1)S(=O)(=O)c1ccccc1. The minimum absolute atomic E-state index is 0.0309. The highest BCUT2D eigenvalue weighted by atomic mass is 32.2. The van der Waals surface area contributed by atoms with Crippen molar-refractivity contribution in [2.24, 2.45) is 0 Å². The molecule has 0 saturated carbocycles. The van der Waals surface area contributed by atoms with E-state index >= 15 is 0 Å². The normalized spacial score (nSPS) is 12.8. The van der Waals surface area contributed by atoms with Gasteiger partial charge in [0.05, 0.1) is 4.90 Å². The summed E-state index contributed by atoms with van der Waals surface area (Å²) in [6, 6.07) is 16.4. The van der Waals surface area contributed by atoms with Crippen LogP contribution in [0.2, 0.25) is 0 Å². The van der Waals surface area contributed by atoms with E-state index in [0.717, 1.165) is 0 Å². The lowest BCUT2D eigenvalue weighted by Crippen LogP contribution is -2.32. The fraction of sp³-hybridized carbons (Fsp3) is 0.133. The summed E-state index contributed by atoms with van der Waals surface area (Å²) in [5, 5.41) is 7.77. The molecule has 2 rings (SSSR count). The van der Waals surface area contributed by atoms with Gasteiger partial charge in [-0.15, -0.1) is 0 Å². The zero-order chi connectivity index (χ0) is 14.6. The van der Waals surface area contributed by atoms with Gasteiger partial charge < -0.3 is 5.11 Å². The van der Waals surface area contributed by atoms with Crippen molar-refractivity contribution in [1.29, 1.82) is 0 Å². The van der Waals surface area contributed by atoms with Gasteiger partial charge in [0, 0.05) is 6.42 Å². The van der Waals surface area contributed by atoms with E-state index in [9.17, 15) is 18.3 Å². The molecule has 2 aromatic carbocycles. The average molecular weight is 290 g/mol. The fourth-order valence-corrected chi connectivity index (χ4v) is 3.47. The van der Waals surface area contributed by atoms with Crippen molar-refractivity contribution >= 4 is 15.8 Å². The molecule has 1 unspecified atom stereocenters. The molecule has 0 aromatic heterocycles. The molecule has 0 aliphatic rings. The maximum atomic E-state index is 12.4. The van der Waals surface area contributed by atoms with Crippen molar-refractivity contribution in [2.75, 3.05) is 0 Å². The van der Waals surface area contributed by atoms with E-state index in [1.807, 2.05) is 0 Å². The third-order valence-corrected chi connectivity index (χ3v) is 5.03. The Labute approximate surface area is 117 Å². The van der Waals surface area contributed by atoms with Gasteiger partial charge in [-0.25, -0.2) is 8.42 Å². The Hall–Kier alpha value is -2.14. The summed E-state index contributed by atoms with van der Waals surface area (Å²) in [5.74, 6) is -1.34. The number of hydrogen-bond donors (Lipinski definition) is 1. The van der Waals surface area contributed by atoms with Crippen LogP contribution in [0.4, 0.5) is 0 Å². The Morgan fingerprint density at radius 1 is 0.950 bits per heavy atom. The number of benzene rings is 2. The van der Waals surface area contributed by atoms with Gasteiger partial charge in [0.1, 0.15) is 0 Å². The van der Waals surface area contributed by atoms with E-state index < -0.39 is 21.1 Å². The summed E-state index contributed by atoms with van der Waals surface area (Å²) in [6.07, 6.45) is -0.0482. The van der Waals surface area contributed by atoms with Crippen molar-refractivity contribution in [3.63, 3.8) is 0 Å². The summed E-state index contributed by atoms with van der Waals surface area (Å²) < 4.78 is 24.8. The summed E-state index contributed by atoms with van der Waals surface area (Å²) in [4.78, 5) is 11.4. The lowest BCUT2D eigenvalue weighted by Gasteiger charge is -2.13. The maximum Gasteiger partial charge on any atom is 0.322 e. The number of sulfone groups is 1. The topological polar surface area (TPSA) is 71.4 Å². The van der Waals surface area contributed by atoms with Crippen molar-refractivity contribution in [3.8, 4) is 0 Å². The minimum atomic E-state index is -3.90. The molecule has 0 aliphatic carbocycles. The smallest absolute Gasteiger partial charge is 0.322 e. The highest BCUT2D eigenvalue weighted by Gasteiger charge is 2.33. The molecule has 20 heavy (non-hydrogen) atoms. The van der Waals surface area contributed by atoms with Crippen LogP contribution in [0, 0.1) is 0 Å². The number of carboxylic acids is 1. The molecule has 0 bridgehead atoms. The molecule has 0 heterocycles. The molecule has 1 atom stereocenters. The molecule has 0 saturated heterocycles. The third-order valence-electron chi connectivity index (χ3n) is 2.99. The van der Waals surface area contributed by atoms with Crippen LogP contribution in [-0.4, -0.2) is 24.7 Å². The summed E-state index contributed by atoms with van der Waals surface area (Å²) in [5.41, 5.74) is 0.680. The first-order valence-electron chi connectivity index (χ1n) is 6.07. The molecule has 0 spiro atoms. The van der Waals surface area contributed by atoms with E-state index in [-0.39, 0.29) is 11.3 Å². The number of aliphatic carboxylic acids is 1. The average Bonchev–Trinajstić information content (AvgIpc) is 2.46. The largest absolute Gasteiger partial charge is 0.480 e.